The third kappa shape index (κ3) is 3.55. The molecule has 3 heterocycles. The van der Waals surface area contributed by atoms with Gasteiger partial charge >= 0.3 is 6.09 Å². The maximum Gasteiger partial charge on any atom is 0.404 e. The number of fused-ring (bicyclic) bond motifs is 3. The maximum absolute atomic E-state index is 11.2. The highest BCUT2D eigenvalue weighted by Gasteiger charge is 2.36. The van der Waals surface area contributed by atoms with Gasteiger partial charge in [0.2, 0.25) is 0 Å². The van der Waals surface area contributed by atoms with E-state index in [-0.39, 0.29) is 11.5 Å². The first-order valence-electron chi connectivity index (χ1n) is 9.98. The Morgan fingerprint density at radius 2 is 2.07 bits per heavy atom. The maximum atomic E-state index is 11.2. The lowest BCUT2D eigenvalue weighted by Crippen LogP contribution is -2.49. The van der Waals surface area contributed by atoms with Crippen LogP contribution in [0.2, 0.25) is 0 Å². The summed E-state index contributed by atoms with van der Waals surface area (Å²) in [5, 5.41) is 20.7. The summed E-state index contributed by atoms with van der Waals surface area (Å²) in [7, 11) is 0. The molecule has 8 nitrogen and oxygen atoms in total. The van der Waals surface area contributed by atoms with Crippen LogP contribution in [0.25, 0.3) is 16.8 Å². The minimum Gasteiger partial charge on any atom is -0.465 e. The molecule has 0 spiro atoms. The number of aromatic amines is 1. The lowest BCUT2D eigenvalue weighted by molar-refractivity contribution is 0.124. The predicted molar refractivity (Wildman–Crippen MR) is 106 cm³/mol. The SMILES string of the molecule is CC(C)(C)C(NC(=O)O)C1CCC(Cc2nnc3cnc4[nH]ccc4n23)CC1. The van der Waals surface area contributed by atoms with Crippen molar-refractivity contribution in [2.24, 2.45) is 17.3 Å². The second-order valence-electron chi connectivity index (χ2n) is 9.06. The first-order valence-corrected chi connectivity index (χ1v) is 9.98. The number of H-pyrrole nitrogens is 1. The first-order chi connectivity index (χ1) is 13.3. The van der Waals surface area contributed by atoms with Gasteiger partial charge in [-0.25, -0.2) is 9.78 Å². The summed E-state index contributed by atoms with van der Waals surface area (Å²) in [5.74, 6) is 1.89. The zero-order chi connectivity index (χ0) is 19.9. The largest absolute Gasteiger partial charge is 0.465 e. The van der Waals surface area contributed by atoms with Crippen LogP contribution >= 0.6 is 0 Å². The van der Waals surface area contributed by atoms with Crippen molar-refractivity contribution in [3.8, 4) is 0 Å². The van der Waals surface area contributed by atoms with Crippen molar-refractivity contribution < 1.29 is 9.90 Å². The van der Waals surface area contributed by atoms with Crippen molar-refractivity contribution in [3.63, 3.8) is 0 Å². The van der Waals surface area contributed by atoms with Crippen molar-refractivity contribution in [2.75, 3.05) is 0 Å². The van der Waals surface area contributed by atoms with E-state index in [1.807, 2.05) is 12.3 Å². The summed E-state index contributed by atoms with van der Waals surface area (Å²) in [5.41, 5.74) is 2.52. The van der Waals surface area contributed by atoms with E-state index in [1.54, 1.807) is 6.20 Å². The molecule has 0 bridgehead atoms. The Morgan fingerprint density at radius 3 is 2.75 bits per heavy atom. The van der Waals surface area contributed by atoms with Gasteiger partial charge in [-0.3, -0.25) is 4.40 Å². The van der Waals surface area contributed by atoms with Crippen LogP contribution in [0, 0.1) is 17.3 Å². The van der Waals surface area contributed by atoms with E-state index in [0.717, 1.165) is 54.7 Å². The monoisotopic (exact) mass is 384 g/mol. The quantitative estimate of drug-likeness (QED) is 0.636. The van der Waals surface area contributed by atoms with Gasteiger partial charge in [-0.1, -0.05) is 20.8 Å². The van der Waals surface area contributed by atoms with Crippen LogP contribution in [-0.2, 0) is 6.42 Å². The molecule has 1 atom stereocenters. The Hall–Kier alpha value is -2.64. The molecule has 1 unspecified atom stereocenters. The fraction of sp³-hybridized carbons (Fsp3) is 0.600. The molecule has 0 radical (unpaired) electrons. The van der Waals surface area contributed by atoms with Crippen LogP contribution in [0.1, 0.15) is 52.3 Å². The molecule has 3 aromatic rings. The van der Waals surface area contributed by atoms with Crippen molar-refractivity contribution in [3.05, 3.63) is 24.3 Å². The summed E-state index contributed by atoms with van der Waals surface area (Å²) >= 11 is 0. The van der Waals surface area contributed by atoms with Crippen molar-refractivity contribution in [1.29, 1.82) is 0 Å². The van der Waals surface area contributed by atoms with Crippen molar-refractivity contribution in [1.82, 2.24) is 29.9 Å². The van der Waals surface area contributed by atoms with E-state index in [0.29, 0.717) is 11.8 Å². The van der Waals surface area contributed by atoms with E-state index < -0.39 is 6.09 Å². The van der Waals surface area contributed by atoms with Crippen LogP contribution in [0.15, 0.2) is 18.5 Å². The van der Waals surface area contributed by atoms with Crippen LogP contribution in [-0.4, -0.2) is 41.8 Å². The molecular formula is C20H28N6O2. The topological polar surface area (TPSA) is 108 Å². The number of carbonyl (C=O) groups is 1. The fourth-order valence-electron chi connectivity index (χ4n) is 4.73. The minimum atomic E-state index is -0.930. The summed E-state index contributed by atoms with van der Waals surface area (Å²) in [6.07, 6.45) is 7.80. The van der Waals surface area contributed by atoms with Gasteiger partial charge in [0, 0.05) is 18.7 Å². The molecule has 0 saturated heterocycles. The van der Waals surface area contributed by atoms with Crippen LogP contribution in [0.3, 0.4) is 0 Å². The molecule has 0 aliphatic heterocycles. The summed E-state index contributed by atoms with van der Waals surface area (Å²) < 4.78 is 2.09. The molecular weight excluding hydrogens is 356 g/mol. The number of hydrogen-bond donors (Lipinski definition) is 3. The highest BCUT2D eigenvalue weighted by molar-refractivity contribution is 5.74. The highest BCUT2D eigenvalue weighted by atomic mass is 16.4. The second-order valence-corrected chi connectivity index (χ2v) is 9.06. The first kappa shape index (κ1) is 18.7. The minimum absolute atomic E-state index is 0.0228. The normalized spacial score (nSPS) is 21.8. The average molecular weight is 384 g/mol. The number of nitrogens with one attached hydrogen (secondary N) is 2. The Bertz CT molecular complexity index is 978. The molecule has 1 amide bonds. The molecule has 1 saturated carbocycles. The number of aromatic nitrogens is 5. The number of amides is 1. The molecule has 1 aliphatic rings. The van der Waals surface area contributed by atoms with Crippen molar-refractivity contribution in [2.45, 2.75) is 58.9 Å². The van der Waals surface area contributed by atoms with Gasteiger partial charge in [-0.15, -0.1) is 10.2 Å². The molecule has 150 valence electrons. The number of hydrogen-bond acceptors (Lipinski definition) is 4. The third-order valence-electron chi connectivity index (χ3n) is 6.06. The van der Waals surface area contributed by atoms with Crippen LogP contribution < -0.4 is 5.32 Å². The highest BCUT2D eigenvalue weighted by Crippen LogP contribution is 2.38. The number of rotatable bonds is 4. The Kier molecular flexibility index (Phi) is 4.72. The lowest BCUT2D eigenvalue weighted by Gasteiger charge is -2.40. The van der Waals surface area contributed by atoms with Gasteiger partial charge in [0.1, 0.15) is 5.82 Å². The molecule has 3 aromatic heterocycles. The van der Waals surface area contributed by atoms with Gasteiger partial charge < -0.3 is 15.4 Å². The molecule has 1 fully saturated rings. The van der Waals surface area contributed by atoms with E-state index >= 15 is 0 Å². The second kappa shape index (κ2) is 7.07. The van der Waals surface area contributed by atoms with Crippen molar-refractivity contribution >= 4 is 22.9 Å². The van der Waals surface area contributed by atoms with Gasteiger partial charge in [0.15, 0.2) is 11.3 Å². The zero-order valence-electron chi connectivity index (χ0n) is 16.6. The zero-order valence-corrected chi connectivity index (χ0v) is 16.6. The summed E-state index contributed by atoms with van der Waals surface area (Å²) in [4.78, 5) is 18.8. The van der Waals surface area contributed by atoms with Gasteiger partial charge in [0.25, 0.3) is 0 Å². The number of nitrogens with zero attached hydrogens (tertiary/aromatic N) is 4. The van der Waals surface area contributed by atoms with E-state index in [2.05, 4.69) is 50.7 Å². The Labute approximate surface area is 163 Å². The number of carboxylic acid groups (broad SMARTS) is 1. The molecule has 4 rings (SSSR count). The summed E-state index contributed by atoms with van der Waals surface area (Å²) in [6, 6.07) is 1.98. The van der Waals surface area contributed by atoms with E-state index in [4.69, 9.17) is 0 Å². The van der Waals surface area contributed by atoms with E-state index in [9.17, 15) is 9.90 Å². The molecule has 0 aromatic carbocycles. The lowest BCUT2D eigenvalue weighted by atomic mass is 9.70. The molecule has 3 N–H and O–H groups in total. The van der Waals surface area contributed by atoms with Gasteiger partial charge in [-0.05, 0) is 49.0 Å². The van der Waals surface area contributed by atoms with Crippen LogP contribution in [0.5, 0.6) is 0 Å². The third-order valence-corrected chi connectivity index (χ3v) is 6.06. The smallest absolute Gasteiger partial charge is 0.404 e. The Balaban J connectivity index is 1.47. The Morgan fingerprint density at radius 1 is 1.32 bits per heavy atom. The average Bonchev–Trinajstić information content (AvgIpc) is 3.26. The van der Waals surface area contributed by atoms with Gasteiger partial charge in [0.05, 0.1) is 11.7 Å². The standard InChI is InChI=1S/C20H28N6O2/c1-20(2,3)17(23-19(27)28)13-6-4-12(5-7-13)10-15-24-25-16-11-22-18-14(26(15)16)8-9-21-18/h8-9,11-13,17,21,23H,4-7,10H2,1-3H3,(H,27,28). The molecule has 1 aliphatic carbocycles. The predicted octanol–water partition coefficient (Wildman–Crippen LogP) is 3.64. The van der Waals surface area contributed by atoms with Crippen LogP contribution in [0.4, 0.5) is 4.79 Å². The van der Waals surface area contributed by atoms with E-state index in [1.165, 1.54) is 0 Å². The fourth-order valence-corrected chi connectivity index (χ4v) is 4.73. The molecule has 28 heavy (non-hydrogen) atoms. The molecule has 8 heteroatoms. The summed E-state index contributed by atoms with van der Waals surface area (Å²) in [6.45, 7) is 6.33. The van der Waals surface area contributed by atoms with Gasteiger partial charge in [-0.2, -0.15) is 0 Å².